The van der Waals surface area contributed by atoms with Crippen molar-refractivity contribution >= 4 is 34.5 Å². The van der Waals surface area contributed by atoms with Crippen molar-refractivity contribution in [1.82, 2.24) is 5.32 Å². The van der Waals surface area contributed by atoms with Crippen molar-refractivity contribution in [3.8, 4) is 0 Å². The van der Waals surface area contributed by atoms with Crippen LogP contribution in [0.25, 0.3) is 0 Å². The Hall–Kier alpha value is -1.27. The van der Waals surface area contributed by atoms with Crippen molar-refractivity contribution in [3.05, 3.63) is 36.0 Å². The van der Waals surface area contributed by atoms with Gasteiger partial charge in [-0.2, -0.15) is 0 Å². The molecule has 0 aliphatic carbocycles. The minimum atomic E-state index is -0.665. The van der Waals surface area contributed by atoms with E-state index >= 15 is 0 Å². The minimum Gasteiger partial charge on any atom is -0.459 e. The molecule has 3 aliphatic rings. The third-order valence-electron chi connectivity index (χ3n) is 7.38. The van der Waals surface area contributed by atoms with Gasteiger partial charge >= 0.3 is 5.97 Å². The molecule has 9 heteroatoms. The molecule has 37 heavy (non-hydrogen) atoms. The predicted octanol–water partition coefficient (Wildman–Crippen LogP) is 3.80. The summed E-state index contributed by atoms with van der Waals surface area (Å²) in [5.41, 5.74) is 0.302. The molecular weight excluding hydrogens is 589 g/mol. The van der Waals surface area contributed by atoms with E-state index < -0.39 is 23.9 Å². The number of carbonyl (C=O) groups is 2. The number of aliphatic hydroxyl groups is 1. The quantitative estimate of drug-likeness (QED) is 0.0997. The monoisotopic (exact) mass is 631 g/mol. The first-order valence-corrected chi connectivity index (χ1v) is 14.6. The van der Waals surface area contributed by atoms with Gasteiger partial charge in [-0.3, -0.25) is 9.59 Å². The molecule has 2 N–H and O–H groups in total. The highest BCUT2D eigenvalue weighted by molar-refractivity contribution is 14.1. The molecule has 3 saturated heterocycles. The van der Waals surface area contributed by atoms with Gasteiger partial charge in [0.2, 0.25) is 5.91 Å². The number of halogens is 1. The molecule has 1 unspecified atom stereocenters. The largest absolute Gasteiger partial charge is 0.459 e. The first-order chi connectivity index (χ1) is 17.4. The molecule has 9 atom stereocenters. The highest BCUT2D eigenvalue weighted by Gasteiger charge is 2.61. The van der Waals surface area contributed by atoms with E-state index in [2.05, 4.69) is 47.8 Å². The number of hydrogen-bond acceptors (Lipinski definition) is 7. The van der Waals surface area contributed by atoms with Crippen LogP contribution in [0.1, 0.15) is 60.8 Å². The van der Waals surface area contributed by atoms with Crippen LogP contribution < -0.4 is 5.32 Å². The molecule has 1 amide bonds. The van der Waals surface area contributed by atoms with Crippen molar-refractivity contribution in [2.75, 3.05) is 11.0 Å². The van der Waals surface area contributed by atoms with Crippen molar-refractivity contribution in [1.29, 1.82) is 0 Å². The van der Waals surface area contributed by atoms with Crippen LogP contribution in [0.3, 0.4) is 0 Å². The molecule has 0 saturated carbocycles. The molecule has 1 spiro atoms. The van der Waals surface area contributed by atoms with Gasteiger partial charge in [-0.1, -0.05) is 53.3 Å². The molecule has 8 nitrogen and oxygen atoms in total. The summed E-state index contributed by atoms with van der Waals surface area (Å²) in [6, 6.07) is -0.0912. The van der Waals surface area contributed by atoms with Crippen LogP contribution >= 0.6 is 22.6 Å². The first kappa shape index (κ1) is 30.3. The lowest BCUT2D eigenvalue weighted by molar-refractivity contribution is -0.167. The Morgan fingerprint density at radius 3 is 2.59 bits per heavy atom. The smallest absolute Gasteiger partial charge is 0.303 e. The standard InChI is InChI=1S/C28H42INO7/c1-17(8-11-24-26(33)28(16-34-28)14-27(6,15-29)37-24)7-10-23-18(2)13-22(20(4)36-23)30-25(32)12-9-19(3)35-21(5)31/h7-9,11-12,18-20,22-24,26,33H,10,13-16H2,1-6H3,(H,30,32)/t18-,19+,20+,22?,23-,24+,26+,27+,28+/m0/s1. The third-order valence-corrected chi connectivity index (χ3v) is 8.99. The first-order valence-electron chi connectivity index (χ1n) is 13.1. The molecule has 0 aromatic carbocycles. The topological polar surface area (TPSA) is 107 Å². The predicted molar refractivity (Wildman–Crippen MR) is 149 cm³/mol. The molecule has 0 aromatic heterocycles. The Kier molecular flexibility index (Phi) is 10.4. The van der Waals surface area contributed by atoms with E-state index in [4.69, 9.17) is 18.9 Å². The maximum atomic E-state index is 12.3. The zero-order valence-corrected chi connectivity index (χ0v) is 24.9. The Bertz CT molecular complexity index is 914. The van der Waals surface area contributed by atoms with Gasteiger partial charge < -0.3 is 29.4 Å². The van der Waals surface area contributed by atoms with Crippen molar-refractivity contribution in [2.24, 2.45) is 5.92 Å². The summed E-state index contributed by atoms with van der Waals surface area (Å²) < 4.78 is 24.0. The van der Waals surface area contributed by atoms with Gasteiger partial charge in [-0.25, -0.2) is 0 Å². The Morgan fingerprint density at radius 1 is 1.27 bits per heavy atom. The van der Waals surface area contributed by atoms with Crippen LogP contribution in [0.2, 0.25) is 0 Å². The summed E-state index contributed by atoms with van der Waals surface area (Å²) in [4.78, 5) is 23.3. The van der Waals surface area contributed by atoms with E-state index in [0.29, 0.717) is 13.0 Å². The number of epoxide rings is 1. The van der Waals surface area contributed by atoms with Gasteiger partial charge in [-0.05, 0) is 52.5 Å². The molecule has 3 rings (SSSR count). The number of nitrogens with one attached hydrogen (secondary N) is 1. The van der Waals surface area contributed by atoms with Crippen LogP contribution in [0.5, 0.6) is 0 Å². The molecule has 0 radical (unpaired) electrons. The van der Waals surface area contributed by atoms with Crippen molar-refractivity contribution < 1.29 is 33.6 Å². The normalized spacial score (nSPS) is 39.2. The number of carbonyl (C=O) groups excluding carboxylic acids is 2. The number of aliphatic hydroxyl groups excluding tert-OH is 1. The highest BCUT2D eigenvalue weighted by atomic mass is 127. The van der Waals surface area contributed by atoms with Crippen molar-refractivity contribution in [3.63, 3.8) is 0 Å². The number of allylic oxidation sites excluding steroid dienone is 2. The Balaban J connectivity index is 1.50. The zero-order valence-electron chi connectivity index (χ0n) is 22.7. The molecule has 3 aliphatic heterocycles. The van der Waals surface area contributed by atoms with Gasteiger partial charge in [0.05, 0.1) is 30.5 Å². The summed E-state index contributed by atoms with van der Waals surface area (Å²) >= 11 is 2.33. The van der Waals surface area contributed by atoms with E-state index in [-0.39, 0.29) is 41.6 Å². The van der Waals surface area contributed by atoms with E-state index in [1.807, 2.05) is 26.0 Å². The molecule has 0 bridgehead atoms. The van der Waals surface area contributed by atoms with Gasteiger partial charge in [0.15, 0.2) is 0 Å². The zero-order chi connectivity index (χ0) is 27.4. The molecule has 3 heterocycles. The molecule has 208 valence electrons. The van der Waals surface area contributed by atoms with E-state index in [1.54, 1.807) is 13.0 Å². The fourth-order valence-electron chi connectivity index (χ4n) is 5.14. The summed E-state index contributed by atoms with van der Waals surface area (Å²) in [6.45, 7) is 11.9. The maximum Gasteiger partial charge on any atom is 0.303 e. The fourth-order valence-corrected chi connectivity index (χ4v) is 5.59. The lowest BCUT2D eigenvalue weighted by Gasteiger charge is -2.43. The van der Waals surface area contributed by atoms with E-state index in [1.165, 1.54) is 13.0 Å². The van der Waals surface area contributed by atoms with Crippen LogP contribution in [-0.2, 0) is 28.5 Å². The number of ether oxygens (including phenoxy) is 4. The van der Waals surface area contributed by atoms with Gasteiger partial charge in [0.1, 0.15) is 23.9 Å². The van der Waals surface area contributed by atoms with Crippen molar-refractivity contribution in [2.45, 2.75) is 109 Å². The summed E-state index contributed by atoms with van der Waals surface area (Å²) in [7, 11) is 0. The van der Waals surface area contributed by atoms with Gasteiger partial charge in [-0.15, -0.1) is 0 Å². The fraction of sp³-hybridized carbons (Fsp3) is 0.714. The number of rotatable bonds is 9. The lowest BCUT2D eigenvalue weighted by Crippen LogP contribution is -2.55. The van der Waals surface area contributed by atoms with Crippen LogP contribution in [0.4, 0.5) is 0 Å². The van der Waals surface area contributed by atoms with E-state index in [0.717, 1.165) is 22.8 Å². The van der Waals surface area contributed by atoms with Crippen LogP contribution in [0, 0.1) is 5.92 Å². The van der Waals surface area contributed by atoms with Gasteiger partial charge in [0.25, 0.3) is 0 Å². The second kappa shape index (κ2) is 12.7. The number of amides is 1. The number of esters is 1. The molecular formula is C28H42INO7. The molecule has 3 fully saturated rings. The minimum absolute atomic E-state index is 0.0491. The Labute approximate surface area is 234 Å². The summed E-state index contributed by atoms with van der Waals surface area (Å²) in [5.74, 6) is -0.347. The summed E-state index contributed by atoms with van der Waals surface area (Å²) in [5, 5.41) is 13.8. The average molecular weight is 632 g/mol. The average Bonchev–Trinajstić information content (AvgIpc) is 3.59. The number of hydrogen-bond donors (Lipinski definition) is 2. The molecule has 0 aromatic rings. The number of alkyl halides is 1. The van der Waals surface area contributed by atoms with Crippen LogP contribution in [-0.4, -0.2) is 75.8 Å². The van der Waals surface area contributed by atoms with E-state index in [9.17, 15) is 14.7 Å². The third kappa shape index (κ3) is 8.36. The SMILES string of the molecule is CC(=O)O[C@H](C)C=CC(=O)NC1C[C@H](C)[C@H](CC=C(C)C=C[C@H]2O[C@@](C)(CI)C[C@@]3(CO3)[C@@H]2O)O[C@@H]1C. The summed E-state index contributed by atoms with van der Waals surface area (Å²) in [6.07, 6.45) is 9.75. The maximum absolute atomic E-state index is 12.3. The highest BCUT2D eigenvalue weighted by Crippen LogP contribution is 2.47. The van der Waals surface area contributed by atoms with Gasteiger partial charge in [0, 0.05) is 23.8 Å². The second-order valence-corrected chi connectivity index (χ2v) is 11.8. The lowest BCUT2D eigenvalue weighted by atomic mass is 9.83. The Morgan fingerprint density at radius 2 is 1.97 bits per heavy atom. The van der Waals surface area contributed by atoms with Crippen LogP contribution in [0.15, 0.2) is 36.0 Å². The second-order valence-electron chi connectivity index (χ2n) is 11.1.